The number of fused-ring (bicyclic) bond motifs is 1. The zero-order valence-electron chi connectivity index (χ0n) is 11.6. The Morgan fingerprint density at radius 1 is 1.29 bits per heavy atom. The Labute approximate surface area is 136 Å². The van der Waals surface area contributed by atoms with Crippen molar-refractivity contribution in [1.82, 2.24) is 0 Å². The minimum atomic E-state index is 0.682. The van der Waals surface area contributed by atoms with Gasteiger partial charge in [-0.25, -0.2) is 0 Å². The fourth-order valence-corrected chi connectivity index (χ4v) is 3.20. The van der Waals surface area contributed by atoms with E-state index in [-0.39, 0.29) is 0 Å². The van der Waals surface area contributed by atoms with Gasteiger partial charge in [-0.2, -0.15) is 4.40 Å². The van der Waals surface area contributed by atoms with E-state index in [1.165, 1.54) is 11.9 Å². The molecule has 0 aliphatic carbocycles. The van der Waals surface area contributed by atoms with Crippen molar-refractivity contribution in [3.05, 3.63) is 46.4 Å². The van der Waals surface area contributed by atoms with Crippen LogP contribution in [-0.2, 0) is 0 Å². The van der Waals surface area contributed by atoms with Crippen LogP contribution in [0.25, 0.3) is 0 Å². The molecule has 0 fully saturated rings. The lowest BCUT2D eigenvalue weighted by molar-refractivity contribution is 0.415. The highest BCUT2D eigenvalue weighted by Gasteiger charge is 2.18. The topological polar surface area (TPSA) is 45.6 Å². The predicted octanol–water partition coefficient (Wildman–Crippen LogP) is 4.67. The van der Waals surface area contributed by atoms with Crippen molar-refractivity contribution in [2.45, 2.75) is 11.8 Å². The highest BCUT2D eigenvalue weighted by Crippen LogP contribution is 2.40. The van der Waals surface area contributed by atoms with Crippen LogP contribution in [0.5, 0.6) is 5.75 Å². The van der Waals surface area contributed by atoms with E-state index in [0.29, 0.717) is 5.96 Å². The first-order valence-corrected chi connectivity index (χ1v) is 7.96. The van der Waals surface area contributed by atoms with Crippen molar-refractivity contribution in [1.29, 1.82) is 0 Å². The molecule has 2 aromatic carbocycles. The molecule has 0 saturated heterocycles. The predicted molar refractivity (Wildman–Crippen MR) is 92.4 cm³/mol. The summed E-state index contributed by atoms with van der Waals surface area (Å²) in [4.78, 5) is 1.06. The molecule has 0 aromatic heterocycles. The largest absolute Gasteiger partial charge is 0.495 e. The molecule has 4 nitrogen and oxygen atoms in total. The van der Waals surface area contributed by atoms with Gasteiger partial charge in [0.05, 0.1) is 23.4 Å². The molecule has 0 saturated carbocycles. The van der Waals surface area contributed by atoms with Gasteiger partial charge in [0, 0.05) is 16.4 Å². The number of nitrogens with one attached hydrogen (secondary N) is 2. The number of hydrogen-bond acceptors (Lipinski definition) is 5. The quantitative estimate of drug-likeness (QED) is 0.761. The third-order valence-corrected chi connectivity index (χ3v) is 4.52. The molecular formula is C15H14BrN3OS. The van der Waals surface area contributed by atoms with Gasteiger partial charge in [0.1, 0.15) is 5.75 Å². The number of guanidine groups is 1. The van der Waals surface area contributed by atoms with E-state index in [1.54, 1.807) is 7.11 Å². The maximum absolute atomic E-state index is 5.45. The minimum absolute atomic E-state index is 0.682. The van der Waals surface area contributed by atoms with Crippen molar-refractivity contribution < 1.29 is 4.74 Å². The summed E-state index contributed by atoms with van der Waals surface area (Å²) in [7, 11) is 1.67. The molecule has 0 amide bonds. The average Bonchev–Trinajstić information content (AvgIpc) is 2.49. The zero-order valence-corrected chi connectivity index (χ0v) is 14.0. The number of methoxy groups -OCH3 is 1. The van der Waals surface area contributed by atoms with Crippen LogP contribution in [0.1, 0.15) is 5.56 Å². The van der Waals surface area contributed by atoms with Gasteiger partial charge in [0.25, 0.3) is 0 Å². The maximum Gasteiger partial charge on any atom is 0.212 e. The SMILES string of the molecule is COc1cc(C)cc2c1NC(Nc1ccccc1Br)=NS2. The monoisotopic (exact) mass is 363 g/mol. The number of rotatable bonds is 2. The van der Waals surface area contributed by atoms with E-state index in [0.717, 1.165) is 32.1 Å². The molecule has 3 rings (SSSR count). The van der Waals surface area contributed by atoms with Gasteiger partial charge in [0.15, 0.2) is 0 Å². The highest BCUT2D eigenvalue weighted by molar-refractivity contribution is 9.10. The summed E-state index contributed by atoms with van der Waals surface area (Å²) in [6.07, 6.45) is 0. The van der Waals surface area contributed by atoms with Crippen LogP contribution in [0.2, 0.25) is 0 Å². The standard InChI is InChI=1S/C15H14BrN3OS/c1-9-7-12(20-2)14-13(8-9)21-19-15(18-14)17-11-6-4-3-5-10(11)16/h3-8H,1-2H3,(H2,17,18,19). The Kier molecular flexibility index (Phi) is 4.07. The Bertz CT molecular complexity index is 718. The van der Waals surface area contributed by atoms with Crippen LogP contribution in [0, 0.1) is 6.92 Å². The van der Waals surface area contributed by atoms with Crippen LogP contribution in [0.15, 0.2) is 50.2 Å². The van der Waals surface area contributed by atoms with Crippen molar-refractivity contribution in [3.63, 3.8) is 0 Å². The van der Waals surface area contributed by atoms with Gasteiger partial charge in [-0.1, -0.05) is 12.1 Å². The number of ether oxygens (including phenoxy) is 1. The number of para-hydroxylation sites is 1. The summed E-state index contributed by atoms with van der Waals surface area (Å²) in [5.74, 6) is 1.50. The molecule has 0 atom stereocenters. The summed E-state index contributed by atoms with van der Waals surface area (Å²) in [5.41, 5.74) is 3.05. The van der Waals surface area contributed by atoms with E-state index in [9.17, 15) is 0 Å². The Balaban J connectivity index is 1.87. The molecule has 1 aliphatic heterocycles. The van der Waals surface area contributed by atoms with Crippen molar-refractivity contribution in [2.24, 2.45) is 4.40 Å². The second kappa shape index (κ2) is 5.99. The van der Waals surface area contributed by atoms with Gasteiger partial charge in [-0.15, -0.1) is 0 Å². The first-order valence-electron chi connectivity index (χ1n) is 6.39. The van der Waals surface area contributed by atoms with Crippen molar-refractivity contribution >= 4 is 45.2 Å². The number of nitrogens with zero attached hydrogens (tertiary/aromatic N) is 1. The molecule has 0 radical (unpaired) electrons. The minimum Gasteiger partial charge on any atom is -0.495 e. The van der Waals surface area contributed by atoms with Gasteiger partial charge in [-0.05, 0) is 52.7 Å². The first-order chi connectivity index (χ1) is 10.2. The molecule has 6 heteroatoms. The Morgan fingerprint density at radius 3 is 2.86 bits per heavy atom. The van der Waals surface area contributed by atoms with Gasteiger partial charge < -0.3 is 15.4 Å². The van der Waals surface area contributed by atoms with E-state index in [4.69, 9.17) is 4.74 Å². The van der Waals surface area contributed by atoms with Crippen LogP contribution >= 0.6 is 27.9 Å². The average molecular weight is 364 g/mol. The van der Waals surface area contributed by atoms with Gasteiger partial charge in [-0.3, -0.25) is 0 Å². The molecule has 21 heavy (non-hydrogen) atoms. The van der Waals surface area contributed by atoms with E-state index < -0.39 is 0 Å². The number of hydrogen-bond donors (Lipinski definition) is 2. The summed E-state index contributed by atoms with van der Waals surface area (Å²) in [5, 5.41) is 6.56. The molecule has 108 valence electrons. The van der Waals surface area contributed by atoms with E-state index in [2.05, 4.69) is 37.0 Å². The number of benzene rings is 2. The molecule has 1 aliphatic rings. The van der Waals surface area contributed by atoms with Crippen molar-refractivity contribution in [2.75, 3.05) is 17.7 Å². The second-order valence-electron chi connectivity index (χ2n) is 4.60. The van der Waals surface area contributed by atoms with Crippen LogP contribution in [0.3, 0.4) is 0 Å². The van der Waals surface area contributed by atoms with E-state index in [1.807, 2.05) is 37.3 Å². The highest BCUT2D eigenvalue weighted by atomic mass is 79.9. The smallest absolute Gasteiger partial charge is 0.212 e. The Morgan fingerprint density at radius 2 is 2.10 bits per heavy atom. The fraction of sp³-hybridized carbons (Fsp3) is 0.133. The summed E-state index contributed by atoms with van der Waals surface area (Å²) >= 11 is 4.95. The molecule has 0 bridgehead atoms. The van der Waals surface area contributed by atoms with Crippen LogP contribution in [0.4, 0.5) is 11.4 Å². The lowest BCUT2D eigenvalue weighted by Gasteiger charge is -2.21. The van der Waals surface area contributed by atoms with Gasteiger partial charge in [0.2, 0.25) is 5.96 Å². The normalized spacial score (nSPS) is 13.0. The number of anilines is 2. The summed E-state index contributed by atoms with van der Waals surface area (Å²) in [6, 6.07) is 12.0. The van der Waals surface area contributed by atoms with Gasteiger partial charge >= 0.3 is 0 Å². The second-order valence-corrected chi connectivity index (χ2v) is 6.26. The summed E-state index contributed by atoms with van der Waals surface area (Å²) < 4.78 is 10.9. The van der Waals surface area contributed by atoms with Crippen LogP contribution in [-0.4, -0.2) is 13.1 Å². The zero-order chi connectivity index (χ0) is 14.8. The van der Waals surface area contributed by atoms with E-state index >= 15 is 0 Å². The molecular weight excluding hydrogens is 350 g/mol. The molecule has 0 unspecified atom stereocenters. The van der Waals surface area contributed by atoms with Crippen molar-refractivity contribution in [3.8, 4) is 5.75 Å². The Hall–Kier alpha value is -1.66. The third-order valence-electron chi connectivity index (χ3n) is 3.04. The third kappa shape index (κ3) is 3.01. The molecule has 1 heterocycles. The number of aryl methyl sites for hydroxylation is 1. The van der Waals surface area contributed by atoms with Crippen LogP contribution < -0.4 is 15.4 Å². The molecule has 0 spiro atoms. The first kappa shape index (κ1) is 14.3. The summed E-state index contributed by atoms with van der Waals surface area (Å²) in [6.45, 7) is 2.04. The number of halogens is 1. The lowest BCUT2D eigenvalue weighted by atomic mass is 10.2. The molecule has 2 aromatic rings. The maximum atomic E-state index is 5.45. The molecule has 2 N–H and O–H groups in total. The lowest BCUT2D eigenvalue weighted by Crippen LogP contribution is -2.24. The fourth-order valence-electron chi connectivity index (χ4n) is 2.06.